The zero-order valence-corrected chi connectivity index (χ0v) is 31.6. The standard InChI is InChI=1S/C42H78N2O4/c1-3-5-7-9-11-13-15-17-19-21-23-25-27-29-39-37(35-45)43-33-32-42-44(34-31-41(43)47-39)38(36-46)40(48-42)30-28-26-24-22-20-18-16-14-12-10-8-6-4-2/h27-30,37-42,45-46H,3-26,31-36H2,1-2H3/b29-27+,30-28+. The summed E-state index contributed by atoms with van der Waals surface area (Å²) in [6.07, 6.45) is 42.9. The average Bonchev–Trinajstić information content (AvgIpc) is 3.60. The Morgan fingerprint density at radius 3 is 1.10 bits per heavy atom. The summed E-state index contributed by atoms with van der Waals surface area (Å²) in [5.41, 5.74) is 0. The molecule has 3 saturated heterocycles. The van der Waals surface area contributed by atoms with Crippen molar-refractivity contribution in [2.45, 2.75) is 218 Å². The van der Waals surface area contributed by atoms with Crippen molar-refractivity contribution in [3.05, 3.63) is 24.3 Å². The van der Waals surface area contributed by atoms with Crippen LogP contribution in [0.25, 0.3) is 0 Å². The molecule has 0 saturated carbocycles. The molecule has 48 heavy (non-hydrogen) atoms. The van der Waals surface area contributed by atoms with E-state index in [2.05, 4.69) is 48.0 Å². The molecule has 6 atom stereocenters. The van der Waals surface area contributed by atoms with Gasteiger partial charge in [-0.15, -0.1) is 0 Å². The number of aliphatic hydroxyl groups is 2. The summed E-state index contributed by atoms with van der Waals surface area (Å²) >= 11 is 0. The van der Waals surface area contributed by atoms with E-state index < -0.39 is 0 Å². The minimum absolute atomic E-state index is 0.00616. The van der Waals surface area contributed by atoms with Crippen LogP contribution in [0.4, 0.5) is 0 Å². The summed E-state index contributed by atoms with van der Waals surface area (Å²) in [5, 5.41) is 20.7. The van der Waals surface area contributed by atoms with Crippen LogP contribution in [-0.4, -0.2) is 83.1 Å². The van der Waals surface area contributed by atoms with Crippen LogP contribution in [-0.2, 0) is 9.47 Å². The second-order valence-electron chi connectivity index (χ2n) is 15.2. The highest BCUT2D eigenvalue weighted by molar-refractivity contribution is 5.05. The van der Waals surface area contributed by atoms with Crippen molar-refractivity contribution in [2.24, 2.45) is 0 Å². The van der Waals surface area contributed by atoms with Gasteiger partial charge < -0.3 is 19.7 Å². The van der Waals surface area contributed by atoms with Crippen molar-refractivity contribution in [3.8, 4) is 0 Å². The first-order valence-corrected chi connectivity index (χ1v) is 21.1. The average molecular weight is 675 g/mol. The van der Waals surface area contributed by atoms with Crippen LogP contribution in [0.15, 0.2) is 24.3 Å². The number of fused-ring (bicyclic) bond motifs is 2. The Morgan fingerprint density at radius 1 is 0.479 bits per heavy atom. The van der Waals surface area contributed by atoms with Crippen LogP contribution in [0.5, 0.6) is 0 Å². The van der Waals surface area contributed by atoms with Gasteiger partial charge in [0.25, 0.3) is 0 Å². The van der Waals surface area contributed by atoms with Crippen LogP contribution in [0.2, 0.25) is 0 Å². The van der Waals surface area contributed by atoms with Gasteiger partial charge in [0.05, 0.1) is 37.5 Å². The molecule has 6 nitrogen and oxygen atoms in total. The highest BCUT2D eigenvalue weighted by atomic mass is 16.5. The molecule has 3 aliphatic rings. The Kier molecular flexibility index (Phi) is 23.4. The van der Waals surface area contributed by atoms with Gasteiger partial charge >= 0.3 is 0 Å². The third-order valence-electron chi connectivity index (χ3n) is 11.2. The van der Waals surface area contributed by atoms with Gasteiger partial charge in [-0.25, -0.2) is 0 Å². The van der Waals surface area contributed by atoms with Crippen LogP contribution in [0, 0.1) is 0 Å². The Morgan fingerprint density at radius 2 is 0.792 bits per heavy atom. The molecule has 6 heteroatoms. The molecular weight excluding hydrogens is 596 g/mol. The van der Waals surface area contributed by atoms with Gasteiger partial charge in [0.15, 0.2) is 0 Å². The fourth-order valence-corrected chi connectivity index (χ4v) is 8.19. The van der Waals surface area contributed by atoms with Crippen molar-refractivity contribution in [2.75, 3.05) is 26.3 Å². The molecule has 3 aliphatic heterocycles. The van der Waals surface area contributed by atoms with Gasteiger partial charge in [-0.1, -0.05) is 167 Å². The molecule has 3 fully saturated rings. The number of rotatable bonds is 28. The number of hydrogen-bond donors (Lipinski definition) is 2. The molecule has 0 aromatic heterocycles. The Balaban J connectivity index is 1.30. The lowest BCUT2D eigenvalue weighted by Gasteiger charge is -2.35. The largest absolute Gasteiger partial charge is 0.395 e. The van der Waals surface area contributed by atoms with E-state index in [1.54, 1.807) is 0 Å². The molecule has 6 unspecified atom stereocenters. The van der Waals surface area contributed by atoms with E-state index in [9.17, 15) is 10.2 Å². The lowest BCUT2D eigenvalue weighted by atomic mass is 10.0. The maximum Gasteiger partial charge on any atom is 0.113 e. The second kappa shape index (κ2) is 27.0. The fourth-order valence-electron chi connectivity index (χ4n) is 8.19. The number of unbranched alkanes of at least 4 members (excludes halogenated alkanes) is 22. The second-order valence-corrected chi connectivity index (χ2v) is 15.2. The van der Waals surface area contributed by atoms with E-state index in [1.165, 1.54) is 141 Å². The van der Waals surface area contributed by atoms with Gasteiger partial charge in [0, 0.05) is 25.9 Å². The zero-order chi connectivity index (χ0) is 34.1. The minimum Gasteiger partial charge on any atom is -0.395 e. The molecule has 280 valence electrons. The quantitative estimate of drug-likeness (QED) is 0.0636. The topological polar surface area (TPSA) is 65.4 Å². The van der Waals surface area contributed by atoms with E-state index in [4.69, 9.17) is 9.47 Å². The minimum atomic E-state index is -0.0542. The van der Waals surface area contributed by atoms with E-state index in [1.807, 2.05) is 0 Å². The highest BCUT2D eigenvalue weighted by Crippen LogP contribution is 2.34. The van der Waals surface area contributed by atoms with Crippen LogP contribution in [0.3, 0.4) is 0 Å². The smallest absolute Gasteiger partial charge is 0.113 e. The number of aliphatic hydroxyl groups excluding tert-OH is 2. The number of ether oxygens (including phenoxy) is 2. The number of allylic oxidation sites excluding steroid dienone is 2. The number of hydrogen-bond acceptors (Lipinski definition) is 6. The van der Waals surface area contributed by atoms with Crippen molar-refractivity contribution in [1.82, 2.24) is 9.80 Å². The maximum atomic E-state index is 10.4. The Labute approximate surface area is 297 Å². The van der Waals surface area contributed by atoms with Crippen molar-refractivity contribution >= 4 is 0 Å². The summed E-state index contributed by atoms with van der Waals surface area (Å²) in [7, 11) is 0. The third kappa shape index (κ3) is 15.6. The lowest BCUT2D eigenvalue weighted by molar-refractivity contribution is -0.0536. The predicted molar refractivity (Wildman–Crippen MR) is 202 cm³/mol. The molecule has 3 rings (SSSR count). The van der Waals surface area contributed by atoms with E-state index in [-0.39, 0.29) is 50.0 Å². The first-order chi connectivity index (χ1) is 23.7. The first-order valence-electron chi connectivity index (χ1n) is 21.1. The van der Waals surface area contributed by atoms with Gasteiger partial charge in [0.1, 0.15) is 12.5 Å². The van der Waals surface area contributed by atoms with Gasteiger partial charge in [0.2, 0.25) is 0 Å². The monoisotopic (exact) mass is 675 g/mol. The van der Waals surface area contributed by atoms with Crippen LogP contribution in [0.1, 0.15) is 181 Å². The van der Waals surface area contributed by atoms with Gasteiger partial charge in [-0.05, 0) is 25.7 Å². The lowest BCUT2D eigenvalue weighted by Crippen LogP contribution is -2.49. The molecule has 0 amide bonds. The molecule has 0 spiro atoms. The molecule has 3 heterocycles. The van der Waals surface area contributed by atoms with Crippen LogP contribution >= 0.6 is 0 Å². The van der Waals surface area contributed by atoms with Crippen molar-refractivity contribution < 1.29 is 19.7 Å². The van der Waals surface area contributed by atoms with E-state index in [0.717, 1.165) is 38.8 Å². The summed E-state index contributed by atoms with van der Waals surface area (Å²) in [6, 6.07) is 0.0123. The Hall–Kier alpha value is -0.760. The molecule has 0 aromatic carbocycles. The van der Waals surface area contributed by atoms with Gasteiger partial charge in [-0.2, -0.15) is 0 Å². The third-order valence-corrected chi connectivity index (χ3v) is 11.2. The highest BCUT2D eigenvalue weighted by Gasteiger charge is 2.46. The molecule has 0 bridgehead atoms. The van der Waals surface area contributed by atoms with Gasteiger partial charge in [-0.3, -0.25) is 9.80 Å². The summed E-state index contributed by atoms with van der Waals surface area (Å²) in [6.45, 7) is 6.48. The molecule has 0 aliphatic carbocycles. The van der Waals surface area contributed by atoms with E-state index >= 15 is 0 Å². The summed E-state index contributed by atoms with van der Waals surface area (Å²) in [5.74, 6) is 0. The fraction of sp³-hybridized carbons (Fsp3) is 0.905. The normalized spacial score (nSPS) is 26.8. The van der Waals surface area contributed by atoms with Crippen molar-refractivity contribution in [1.29, 1.82) is 0 Å². The molecule has 2 N–H and O–H groups in total. The summed E-state index contributed by atoms with van der Waals surface area (Å²) < 4.78 is 13.1. The Bertz CT molecular complexity index is 755. The maximum absolute atomic E-state index is 10.4. The van der Waals surface area contributed by atoms with Crippen LogP contribution < -0.4 is 0 Å². The van der Waals surface area contributed by atoms with Crippen molar-refractivity contribution in [3.63, 3.8) is 0 Å². The first kappa shape index (κ1) is 41.7. The predicted octanol–water partition coefficient (Wildman–Crippen LogP) is 10.1. The van der Waals surface area contributed by atoms with E-state index in [0.29, 0.717) is 0 Å². The molecular formula is C42H78N2O4. The summed E-state index contributed by atoms with van der Waals surface area (Å²) in [4.78, 5) is 4.75. The zero-order valence-electron chi connectivity index (χ0n) is 31.6. The number of nitrogens with zero attached hydrogens (tertiary/aromatic N) is 2. The molecule has 0 aromatic rings. The SMILES string of the molecule is CCCCCCCCCCCCC/C=C/C1OC2CCN3C(CCN2C1CO)OC(/C=C/CCCCCCCCCCCCC)C3CO. The molecule has 0 radical (unpaired) electrons.